The molecule has 166 valence electrons. The number of benzene rings is 2. The second-order valence-corrected chi connectivity index (χ2v) is 8.43. The van der Waals surface area contributed by atoms with Crippen LogP contribution in [0.25, 0.3) is 10.9 Å². The van der Waals surface area contributed by atoms with Gasteiger partial charge in [-0.15, -0.1) is 5.11 Å². The fourth-order valence-corrected chi connectivity index (χ4v) is 4.31. The number of nitrogens with zero attached hydrogens (tertiary/aromatic N) is 4. The normalized spacial score (nSPS) is 15.8. The van der Waals surface area contributed by atoms with Crippen molar-refractivity contribution in [3.63, 3.8) is 0 Å². The summed E-state index contributed by atoms with van der Waals surface area (Å²) in [5.74, 6) is -0.165. The van der Waals surface area contributed by atoms with E-state index in [1.54, 1.807) is 11.6 Å². The second-order valence-electron chi connectivity index (χ2n) is 8.43. The van der Waals surface area contributed by atoms with Crippen molar-refractivity contribution in [1.82, 2.24) is 15.1 Å². The number of carbonyl (C=O) groups excluding carboxylic acids is 1. The van der Waals surface area contributed by atoms with Gasteiger partial charge in [-0.25, -0.2) is 5.48 Å². The molecule has 1 atom stereocenters. The summed E-state index contributed by atoms with van der Waals surface area (Å²) in [5, 5.41) is 20.6. The average Bonchev–Trinajstić information content (AvgIpc) is 3.41. The summed E-state index contributed by atoms with van der Waals surface area (Å²) in [6.45, 7) is 5.79. The predicted molar refractivity (Wildman–Crippen MR) is 124 cm³/mol. The minimum Gasteiger partial charge on any atom is -0.342 e. The molecule has 7 heteroatoms. The SMILES string of the molecule is CC(C)C(c1cc2ccccc2n1CCc1ccccc1)N1C/C(=C/CC(=O)NO)N=N1. The zero-order chi connectivity index (χ0) is 22.5. The Morgan fingerprint density at radius 3 is 2.66 bits per heavy atom. The average molecular weight is 432 g/mol. The molecular weight excluding hydrogens is 402 g/mol. The van der Waals surface area contributed by atoms with Gasteiger partial charge in [0.05, 0.1) is 18.3 Å². The molecule has 2 N–H and O–H groups in total. The lowest BCUT2D eigenvalue weighted by atomic mass is 9.99. The van der Waals surface area contributed by atoms with Gasteiger partial charge in [-0.1, -0.05) is 67.6 Å². The van der Waals surface area contributed by atoms with Crippen molar-refractivity contribution < 1.29 is 10.0 Å². The first-order valence-electron chi connectivity index (χ1n) is 11.0. The van der Waals surface area contributed by atoms with E-state index in [0.717, 1.165) is 18.7 Å². The van der Waals surface area contributed by atoms with Crippen molar-refractivity contribution in [2.75, 3.05) is 6.54 Å². The number of hydrogen-bond donors (Lipinski definition) is 2. The maximum Gasteiger partial charge on any atom is 0.247 e. The summed E-state index contributed by atoms with van der Waals surface area (Å²) in [4.78, 5) is 11.4. The standard InChI is InChI=1S/C25H29N5O2/c1-18(2)25(30-17-21(26-28-30)12-13-24(31)27-32)23-16-20-10-6-7-11-22(20)29(23)15-14-19-8-4-3-5-9-19/h3-12,16,18,25,32H,13-15,17H2,1-2H3,(H,27,31)/b21-12-. The molecule has 0 spiro atoms. The molecule has 4 rings (SSSR count). The molecule has 0 saturated heterocycles. The highest BCUT2D eigenvalue weighted by Crippen LogP contribution is 2.36. The van der Waals surface area contributed by atoms with Crippen LogP contribution in [0.2, 0.25) is 0 Å². The number of hydroxylamine groups is 1. The number of aromatic nitrogens is 1. The van der Waals surface area contributed by atoms with Gasteiger partial charge in [-0.3, -0.25) is 15.0 Å². The van der Waals surface area contributed by atoms with Gasteiger partial charge in [0.25, 0.3) is 0 Å². The highest BCUT2D eigenvalue weighted by atomic mass is 16.5. The highest BCUT2D eigenvalue weighted by molar-refractivity contribution is 5.81. The van der Waals surface area contributed by atoms with Crippen molar-refractivity contribution in [2.45, 2.75) is 39.3 Å². The van der Waals surface area contributed by atoms with E-state index in [1.165, 1.54) is 22.2 Å². The van der Waals surface area contributed by atoms with Gasteiger partial charge in [-0.2, -0.15) is 0 Å². The molecular formula is C25H29N5O2. The second kappa shape index (κ2) is 9.78. The molecule has 0 aliphatic carbocycles. The highest BCUT2D eigenvalue weighted by Gasteiger charge is 2.30. The number of aryl methyl sites for hydroxylation is 2. The van der Waals surface area contributed by atoms with Crippen LogP contribution in [-0.4, -0.2) is 27.2 Å². The van der Waals surface area contributed by atoms with E-state index in [-0.39, 0.29) is 12.5 Å². The molecule has 1 aromatic heterocycles. The molecule has 0 saturated carbocycles. The summed E-state index contributed by atoms with van der Waals surface area (Å²) >= 11 is 0. The number of amides is 1. The van der Waals surface area contributed by atoms with E-state index < -0.39 is 5.91 Å². The Bertz CT molecular complexity index is 1130. The maximum absolute atomic E-state index is 11.4. The number of nitrogens with one attached hydrogen (secondary N) is 1. The van der Waals surface area contributed by atoms with Crippen molar-refractivity contribution in [3.8, 4) is 0 Å². The number of para-hydroxylation sites is 1. The van der Waals surface area contributed by atoms with Gasteiger partial charge in [-0.05, 0) is 41.5 Å². The monoisotopic (exact) mass is 431 g/mol. The summed E-state index contributed by atoms with van der Waals surface area (Å²) in [5.41, 5.74) is 6.11. The lowest BCUT2D eigenvalue weighted by molar-refractivity contribution is -0.128. The van der Waals surface area contributed by atoms with E-state index in [1.807, 2.05) is 11.1 Å². The number of carbonyl (C=O) groups is 1. The van der Waals surface area contributed by atoms with Crippen LogP contribution in [-0.2, 0) is 17.8 Å². The summed E-state index contributed by atoms with van der Waals surface area (Å²) in [7, 11) is 0. The van der Waals surface area contributed by atoms with Crippen molar-refractivity contribution in [3.05, 3.63) is 83.7 Å². The van der Waals surface area contributed by atoms with Crippen LogP contribution >= 0.6 is 0 Å². The Labute approximate surface area is 188 Å². The molecule has 1 amide bonds. The Morgan fingerprint density at radius 1 is 1.16 bits per heavy atom. The van der Waals surface area contributed by atoms with Crippen LogP contribution in [0.15, 0.2) is 82.8 Å². The van der Waals surface area contributed by atoms with Crippen LogP contribution in [0, 0.1) is 5.92 Å². The van der Waals surface area contributed by atoms with Gasteiger partial charge in [0.2, 0.25) is 5.91 Å². The maximum atomic E-state index is 11.4. The van der Waals surface area contributed by atoms with E-state index in [0.29, 0.717) is 12.5 Å². The van der Waals surface area contributed by atoms with Gasteiger partial charge < -0.3 is 4.57 Å². The molecule has 1 aliphatic rings. The fourth-order valence-electron chi connectivity index (χ4n) is 4.31. The minimum absolute atomic E-state index is 0.0412. The third-order valence-electron chi connectivity index (χ3n) is 5.82. The Balaban J connectivity index is 1.64. The van der Waals surface area contributed by atoms with E-state index in [9.17, 15) is 4.79 Å². The molecule has 0 fully saturated rings. The first kappa shape index (κ1) is 21.8. The molecule has 2 aromatic carbocycles. The molecule has 0 bridgehead atoms. The lowest BCUT2D eigenvalue weighted by Gasteiger charge is -2.29. The largest absolute Gasteiger partial charge is 0.342 e. The molecule has 1 aliphatic heterocycles. The summed E-state index contributed by atoms with van der Waals surface area (Å²) in [6.07, 6.45) is 2.72. The van der Waals surface area contributed by atoms with E-state index in [2.05, 4.69) is 83.3 Å². The zero-order valence-electron chi connectivity index (χ0n) is 18.5. The number of hydrogen-bond acceptors (Lipinski definition) is 5. The summed E-state index contributed by atoms with van der Waals surface area (Å²) < 4.78 is 2.41. The predicted octanol–water partition coefficient (Wildman–Crippen LogP) is 5.04. The molecule has 7 nitrogen and oxygen atoms in total. The van der Waals surface area contributed by atoms with Gasteiger partial charge in [0.15, 0.2) is 0 Å². The topological polar surface area (TPSA) is 82.2 Å². The van der Waals surface area contributed by atoms with E-state index >= 15 is 0 Å². The van der Waals surface area contributed by atoms with Crippen LogP contribution in [0.4, 0.5) is 0 Å². The fraction of sp³-hybridized carbons (Fsp3) is 0.320. The first-order valence-corrected chi connectivity index (χ1v) is 11.0. The quantitative estimate of drug-likeness (QED) is 0.387. The molecule has 0 radical (unpaired) electrons. The lowest BCUT2D eigenvalue weighted by Crippen LogP contribution is -2.28. The number of rotatable bonds is 8. The van der Waals surface area contributed by atoms with Crippen LogP contribution in [0.3, 0.4) is 0 Å². The molecule has 2 heterocycles. The number of fused-ring (bicyclic) bond motifs is 1. The summed E-state index contributed by atoms with van der Waals surface area (Å²) in [6, 6.07) is 21.3. The first-order chi connectivity index (χ1) is 15.6. The van der Waals surface area contributed by atoms with Gasteiger partial charge >= 0.3 is 0 Å². The Morgan fingerprint density at radius 2 is 1.91 bits per heavy atom. The van der Waals surface area contributed by atoms with Gasteiger partial charge in [0.1, 0.15) is 0 Å². The Hall–Kier alpha value is -3.45. The molecule has 3 aromatic rings. The van der Waals surface area contributed by atoms with Gasteiger partial charge in [0, 0.05) is 24.2 Å². The Kier molecular flexibility index (Phi) is 6.66. The van der Waals surface area contributed by atoms with E-state index in [4.69, 9.17) is 5.21 Å². The zero-order valence-corrected chi connectivity index (χ0v) is 18.5. The van der Waals surface area contributed by atoms with Crippen LogP contribution < -0.4 is 5.48 Å². The smallest absolute Gasteiger partial charge is 0.247 e. The third kappa shape index (κ3) is 4.73. The van der Waals surface area contributed by atoms with Crippen LogP contribution in [0.5, 0.6) is 0 Å². The van der Waals surface area contributed by atoms with Crippen LogP contribution in [0.1, 0.15) is 37.6 Å². The van der Waals surface area contributed by atoms with Crippen molar-refractivity contribution >= 4 is 16.8 Å². The molecule has 32 heavy (non-hydrogen) atoms. The van der Waals surface area contributed by atoms with Crippen molar-refractivity contribution in [1.29, 1.82) is 0 Å². The van der Waals surface area contributed by atoms with Crippen molar-refractivity contribution in [2.24, 2.45) is 16.3 Å². The molecule has 1 unspecified atom stereocenters. The third-order valence-corrected chi connectivity index (χ3v) is 5.82. The minimum atomic E-state index is -0.465.